The fourth-order valence-corrected chi connectivity index (χ4v) is 3.87. The molecule has 0 bridgehead atoms. The number of nitrogens with one attached hydrogen (secondary N) is 1. The Morgan fingerprint density at radius 2 is 2.16 bits per heavy atom. The highest BCUT2D eigenvalue weighted by atomic mass is 19.1. The van der Waals surface area contributed by atoms with Gasteiger partial charge < -0.3 is 25.3 Å². The number of alkyl halides is 1. The number of fused-ring (bicyclic) bond motifs is 1. The number of piperidine rings is 1. The Balaban J connectivity index is 1.59. The van der Waals surface area contributed by atoms with E-state index in [1.54, 1.807) is 24.7 Å². The van der Waals surface area contributed by atoms with E-state index in [-0.39, 0.29) is 12.6 Å². The molecule has 164 valence electrons. The molecule has 0 aromatic carbocycles. The maximum absolute atomic E-state index is 14.3. The number of methoxy groups -OCH3 is 1. The minimum absolute atomic E-state index is 0.139. The van der Waals surface area contributed by atoms with Gasteiger partial charge in [-0.25, -0.2) is 14.4 Å². The van der Waals surface area contributed by atoms with E-state index in [0.717, 1.165) is 5.52 Å². The molecule has 4 heterocycles. The van der Waals surface area contributed by atoms with Crippen LogP contribution in [0.25, 0.3) is 10.9 Å². The van der Waals surface area contributed by atoms with Crippen LogP contribution in [0.1, 0.15) is 36.7 Å². The first-order chi connectivity index (χ1) is 14.9. The van der Waals surface area contributed by atoms with Gasteiger partial charge in [0.1, 0.15) is 17.8 Å². The Labute approximate surface area is 179 Å². The largest absolute Gasteiger partial charge is 0.378 e. The smallest absolute Gasteiger partial charge is 0.250 e. The quantitative estimate of drug-likeness (QED) is 0.622. The van der Waals surface area contributed by atoms with Gasteiger partial charge in [-0.15, -0.1) is 0 Å². The zero-order valence-electron chi connectivity index (χ0n) is 17.7. The second-order valence-electron chi connectivity index (χ2n) is 7.89. The average molecular weight is 427 g/mol. The minimum Gasteiger partial charge on any atom is -0.378 e. The molecule has 0 saturated carbocycles. The first-order valence-corrected chi connectivity index (χ1v) is 10.2. The third-order valence-electron chi connectivity index (χ3n) is 5.51. The first kappa shape index (κ1) is 21.0. The van der Waals surface area contributed by atoms with Crippen LogP contribution in [0.3, 0.4) is 0 Å². The fourth-order valence-electron chi connectivity index (χ4n) is 3.87. The molecule has 1 aliphatic rings. The number of halogens is 1. The SMILES string of the molecule is COC1CCN(c2nccc(Nc3cc4c(cn3)c(C(N)=O)cn4C(C)C)n2)CC1F. The Morgan fingerprint density at radius 1 is 1.35 bits per heavy atom. The summed E-state index contributed by atoms with van der Waals surface area (Å²) in [5.74, 6) is 1.06. The Hall–Kier alpha value is -3.27. The van der Waals surface area contributed by atoms with Crippen LogP contribution in [-0.2, 0) is 4.74 Å². The van der Waals surface area contributed by atoms with Crippen molar-refractivity contribution < 1.29 is 13.9 Å². The van der Waals surface area contributed by atoms with Gasteiger partial charge in [0.05, 0.1) is 23.7 Å². The molecule has 31 heavy (non-hydrogen) atoms. The van der Waals surface area contributed by atoms with Crippen LogP contribution in [0.2, 0.25) is 0 Å². The number of rotatable bonds is 6. The number of nitrogens with zero attached hydrogens (tertiary/aromatic N) is 5. The van der Waals surface area contributed by atoms with Gasteiger partial charge in [-0.05, 0) is 26.3 Å². The Kier molecular flexibility index (Phi) is 5.73. The molecule has 0 aliphatic carbocycles. The molecule has 3 aromatic heterocycles. The lowest BCUT2D eigenvalue weighted by Crippen LogP contribution is -2.46. The maximum atomic E-state index is 14.3. The summed E-state index contributed by atoms with van der Waals surface area (Å²) in [6.07, 6.45) is 4.10. The summed E-state index contributed by atoms with van der Waals surface area (Å²) in [4.78, 5) is 26.8. The van der Waals surface area contributed by atoms with E-state index in [1.807, 2.05) is 29.4 Å². The monoisotopic (exact) mass is 427 g/mol. The van der Waals surface area contributed by atoms with Gasteiger partial charge in [0.15, 0.2) is 0 Å². The lowest BCUT2D eigenvalue weighted by atomic mass is 10.1. The maximum Gasteiger partial charge on any atom is 0.250 e. The number of nitrogens with two attached hydrogens (primary N) is 1. The average Bonchev–Trinajstić information content (AvgIpc) is 3.13. The molecule has 0 spiro atoms. The Bertz CT molecular complexity index is 1100. The van der Waals surface area contributed by atoms with Gasteiger partial charge in [0, 0.05) is 49.7 Å². The molecule has 3 N–H and O–H groups in total. The molecule has 1 saturated heterocycles. The van der Waals surface area contributed by atoms with Crippen molar-refractivity contribution in [3.8, 4) is 0 Å². The summed E-state index contributed by atoms with van der Waals surface area (Å²) >= 11 is 0. The molecule has 4 rings (SSSR count). The summed E-state index contributed by atoms with van der Waals surface area (Å²) < 4.78 is 21.4. The molecule has 3 aromatic rings. The Morgan fingerprint density at radius 3 is 2.84 bits per heavy atom. The van der Waals surface area contributed by atoms with Crippen molar-refractivity contribution in [1.29, 1.82) is 0 Å². The van der Waals surface area contributed by atoms with Gasteiger partial charge in [0.25, 0.3) is 5.91 Å². The van der Waals surface area contributed by atoms with E-state index in [0.29, 0.717) is 41.5 Å². The lowest BCUT2D eigenvalue weighted by Gasteiger charge is -2.33. The highest BCUT2D eigenvalue weighted by Gasteiger charge is 2.30. The zero-order chi connectivity index (χ0) is 22.1. The number of primary amides is 1. The second-order valence-corrected chi connectivity index (χ2v) is 7.89. The third kappa shape index (κ3) is 4.15. The van der Waals surface area contributed by atoms with Crippen LogP contribution in [0.15, 0.2) is 30.7 Å². The van der Waals surface area contributed by atoms with Gasteiger partial charge >= 0.3 is 0 Å². The summed E-state index contributed by atoms with van der Waals surface area (Å²) in [7, 11) is 1.53. The van der Waals surface area contributed by atoms with E-state index in [4.69, 9.17) is 10.5 Å². The first-order valence-electron chi connectivity index (χ1n) is 10.2. The number of carbonyl (C=O) groups is 1. The van der Waals surface area contributed by atoms with Gasteiger partial charge in [0.2, 0.25) is 5.95 Å². The number of amides is 1. The number of hydrogen-bond acceptors (Lipinski definition) is 7. The highest BCUT2D eigenvalue weighted by Crippen LogP contribution is 2.27. The molecular weight excluding hydrogens is 401 g/mol. The predicted octanol–water partition coefficient (Wildman–Crippen LogP) is 2.81. The van der Waals surface area contributed by atoms with Crippen LogP contribution in [0, 0.1) is 0 Å². The predicted molar refractivity (Wildman–Crippen MR) is 116 cm³/mol. The van der Waals surface area contributed by atoms with E-state index < -0.39 is 18.2 Å². The number of ether oxygens (including phenoxy) is 1. The van der Waals surface area contributed by atoms with E-state index in [1.165, 1.54) is 7.11 Å². The summed E-state index contributed by atoms with van der Waals surface area (Å²) in [5, 5.41) is 3.87. The fraction of sp³-hybridized carbons (Fsp3) is 0.429. The minimum atomic E-state index is -1.09. The molecule has 1 amide bonds. The van der Waals surface area contributed by atoms with Crippen molar-refractivity contribution in [2.45, 2.75) is 38.6 Å². The standard InChI is InChI=1S/C21H26FN7O2/c1-12(2)29-10-14(20(23)30)13-9-25-19(8-16(13)29)26-18-4-6-24-21(27-18)28-7-5-17(31-3)15(22)11-28/h4,6,8-10,12,15,17H,5,7,11H2,1-3H3,(H2,23,30)(H,24,25,26,27). The molecule has 2 atom stereocenters. The third-order valence-corrected chi connectivity index (χ3v) is 5.51. The second kappa shape index (κ2) is 8.46. The van der Waals surface area contributed by atoms with E-state index >= 15 is 0 Å². The number of pyridine rings is 1. The number of hydrogen-bond donors (Lipinski definition) is 2. The summed E-state index contributed by atoms with van der Waals surface area (Å²) in [5.41, 5.74) is 6.80. The lowest BCUT2D eigenvalue weighted by molar-refractivity contribution is 0.0194. The zero-order valence-corrected chi connectivity index (χ0v) is 17.7. The number of aromatic nitrogens is 4. The molecule has 1 fully saturated rings. The van der Waals surface area contributed by atoms with Gasteiger partial charge in [-0.3, -0.25) is 4.79 Å². The number of carbonyl (C=O) groups excluding carboxylic acids is 1. The van der Waals surface area contributed by atoms with Crippen molar-refractivity contribution in [3.63, 3.8) is 0 Å². The van der Waals surface area contributed by atoms with E-state index in [9.17, 15) is 9.18 Å². The van der Waals surface area contributed by atoms with Crippen molar-refractivity contribution in [1.82, 2.24) is 19.5 Å². The van der Waals surface area contributed by atoms with Crippen molar-refractivity contribution in [3.05, 3.63) is 36.3 Å². The summed E-state index contributed by atoms with van der Waals surface area (Å²) in [6, 6.07) is 3.71. The number of anilines is 3. The topological polar surface area (TPSA) is 111 Å². The highest BCUT2D eigenvalue weighted by molar-refractivity contribution is 6.06. The van der Waals surface area contributed by atoms with Crippen LogP contribution in [0.5, 0.6) is 0 Å². The normalized spacial score (nSPS) is 19.2. The molecule has 10 heteroatoms. The van der Waals surface area contributed by atoms with Crippen LogP contribution in [0.4, 0.5) is 22.0 Å². The molecular formula is C21H26FN7O2. The van der Waals surface area contributed by atoms with Gasteiger partial charge in [-0.1, -0.05) is 0 Å². The molecule has 9 nitrogen and oxygen atoms in total. The molecule has 0 radical (unpaired) electrons. The molecule has 1 aliphatic heterocycles. The van der Waals surface area contributed by atoms with E-state index in [2.05, 4.69) is 20.3 Å². The van der Waals surface area contributed by atoms with Crippen molar-refractivity contribution in [2.75, 3.05) is 30.4 Å². The van der Waals surface area contributed by atoms with Gasteiger partial charge in [-0.2, -0.15) is 4.98 Å². The molecule has 2 unspecified atom stereocenters. The van der Waals surface area contributed by atoms with Crippen molar-refractivity contribution >= 4 is 34.4 Å². The van der Waals surface area contributed by atoms with Crippen LogP contribution in [-0.4, -0.2) is 57.9 Å². The summed E-state index contributed by atoms with van der Waals surface area (Å²) in [6.45, 7) is 4.85. The van der Waals surface area contributed by atoms with Crippen molar-refractivity contribution in [2.24, 2.45) is 5.73 Å². The van der Waals surface area contributed by atoms with Crippen LogP contribution >= 0.6 is 0 Å². The van der Waals surface area contributed by atoms with Crippen LogP contribution < -0.4 is 16.0 Å².